The molecule has 0 saturated heterocycles. The van der Waals surface area contributed by atoms with E-state index < -0.39 is 0 Å². The maximum Gasteiger partial charge on any atom is 0.0847 e. The third-order valence-corrected chi connectivity index (χ3v) is 4.68. The fourth-order valence-corrected chi connectivity index (χ4v) is 3.45. The van der Waals surface area contributed by atoms with Gasteiger partial charge in [-0.25, -0.2) is 0 Å². The zero-order valence-electron chi connectivity index (χ0n) is 11.9. The molecule has 2 unspecified atom stereocenters. The third-order valence-electron chi connectivity index (χ3n) is 4.18. The molecule has 1 saturated carbocycles. The number of aryl methyl sites for hydroxylation is 2. The molecule has 1 aliphatic rings. The van der Waals surface area contributed by atoms with Gasteiger partial charge in [-0.2, -0.15) is 5.10 Å². The van der Waals surface area contributed by atoms with E-state index in [0.717, 1.165) is 23.7 Å². The summed E-state index contributed by atoms with van der Waals surface area (Å²) in [7, 11) is 1.99. The molecule has 4 heteroatoms. The molecule has 0 aromatic carbocycles. The van der Waals surface area contributed by atoms with Crippen molar-refractivity contribution in [2.45, 2.75) is 52.5 Å². The monoisotopic (exact) mass is 269 g/mol. The summed E-state index contributed by atoms with van der Waals surface area (Å²) < 4.78 is 1.95. The van der Waals surface area contributed by atoms with Gasteiger partial charge in [-0.15, -0.1) is 0 Å². The van der Waals surface area contributed by atoms with Crippen LogP contribution < -0.4 is 5.32 Å². The summed E-state index contributed by atoms with van der Waals surface area (Å²) in [6.45, 7) is 7.59. The Morgan fingerprint density at radius 2 is 2.28 bits per heavy atom. The van der Waals surface area contributed by atoms with Crippen molar-refractivity contribution in [2.75, 3.05) is 6.54 Å². The van der Waals surface area contributed by atoms with Gasteiger partial charge in [0.1, 0.15) is 0 Å². The van der Waals surface area contributed by atoms with Crippen LogP contribution in [0.4, 0.5) is 0 Å². The van der Waals surface area contributed by atoms with Crippen LogP contribution in [0.5, 0.6) is 0 Å². The molecule has 1 aliphatic carbocycles. The second-order valence-electron chi connectivity index (χ2n) is 5.95. The lowest BCUT2D eigenvalue weighted by Crippen LogP contribution is -2.28. The number of halogens is 1. The van der Waals surface area contributed by atoms with Crippen LogP contribution in [0.2, 0.25) is 5.02 Å². The molecular formula is C14H24ClN3. The van der Waals surface area contributed by atoms with E-state index in [0.29, 0.717) is 11.5 Å². The van der Waals surface area contributed by atoms with Crippen molar-refractivity contribution in [2.24, 2.45) is 12.5 Å². The number of aromatic nitrogens is 2. The van der Waals surface area contributed by atoms with Crippen LogP contribution in [-0.4, -0.2) is 22.4 Å². The van der Waals surface area contributed by atoms with Gasteiger partial charge in [0.25, 0.3) is 0 Å². The summed E-state index contributed by atoms with van der Waals surface area (Å²) in [6, 6.07) is 0.674. The van der Waals surface area contributed by atoms with Gasteiger partial charge in [0.2, 0.25) is 0 Å². The zero-order chi connectivity index (χ0) is 13.3. The van der Waals surface area contributed by atoms with E-state index in [-0.39, 0.29) is 0 Å². The van der Waals surface area contributed by atoms with Crippen LogP contribution in [-0.2, 0) is 13.5 Å². The number of rotatable bonds is 4. The quantitative estimate of drug-likeness (QED) is 0.910. The summed E-state index contributed by atoms with van der Waals surface area (Å²) in [5.41, 5.74) is 2.49. The summed E-state index contributed by atoms with van der Waals surface area (Å²) in [4.78, 5) is 0. The van der Waals surface area contributed by atoms with Gasteiger partial charge < -0.3 is 5.32 Å². The smallest absolute Gasteiger partial charge is 0.0847 e. The number of hydrogen-bond acceptors (Lipinski definition) is 2. The summed E-state index contributed by atoms with van der Waals surface area (Å²) >= 11 is 6.35. The van der Waals surface area contributed by atoms with E-state index in [1.165, 1.54) is 25.0 Å². The molecule has 1 heterocycles. The topological polar surface area (TPSA) is 29.9 Å². The summed E-state index contributed by atoms with van der Waals surface area (Å²) in [5.74, 6) is 0. The Morgan fingerprint density at radius 3 is 2.83 bits per heavy atom. The van der Waals surface area contributed by atoms with Gasteiger partial charge in [0, 0.05) is 13.1 Å². The average Bonchev–Trinajstić information content (AvgIpc) is 2.77. The molecule has 1 N–H and O–H groups in total. The van der Waals surface area contributed by atoms with Crippen LogP contribution >= 0.6 is 11.6 Å². The van der Waals surface area contributed by atoms with Crippen LogP contribution in [0, 0.1) is 12.3 Å². The highest BCUT2D eigenvalue weighted by atomic mass is 35.5. The Labute approximate surface area is 115 Å². The molecule has 0 aliphatic heterocycles. The Balaban J connectivity index is 2.09. The van der Waals surface area contributed by atoms with Crippen molar-refractivity contribution in [3.8, 4) is 0 Å². The molecule has 2 rings (SSSR count). The van der Waals surface area contributed by atoms with Crippen molar-refractivity contribution in [3.63, 3.8) is 0 Å². The van der Waals surface area contributed by atoms with Gasteiger partial charge in [0.15, 0.2) is 0 Å². The number of nitrogens with zero attached hydrogens (tertiary/aromatic N) is 2. The first kappa shape index (κ1) is 13.9. The molecule has 0 spiro atoms. The summed E-state index contributed by atoms with van der Waals surface area (Å²) in [5, 5.41) is 8.83. The average molecular weight is 270 g/mol. The molecule has 0 radical (unpaired) electrons. The predicted octanol–water partition coefficient (Wildman–Crippen LogP) is 3.09. The highest BCUT2D eigenvalue weighted by molar-refractivity contribution is 6.31. The maximum atomic E-state index is 6.35. The standard InChI is InChI=1S/C14H24ClN3/c1-5-16-11-6-7-14(3,8-11)9-12-13(15)10(2)17-18(12)4/h11,16H,5-9H2,1-4H3. The first-order chi connectivity index (χ1) is 8.45. The number of nitrogens with one attached hydrogen (secondary N) is 1. The number of hydrogen-bond donors (Lipinski definition) is 1. The van der Waals surface area contributed by atoms with Crippen molar-refractivity contribution >= 4 is 11.6 Å². The van der Waals surface area contributed by atoms with Gasteiger partial charge >= 0.3 is 0 Å². The van der Waals surface area contributed by atoms with Crippen molar-refractivity contribution in [3.05, 3.63) is 16.4 Å². The molecule has 18 heavy (non-hydrogen) atoms. The van der Waals surface area contributed by atoms with Crippen molar-refractivity contribution < 1.29 is 0 Å². The molecule has 1 aromatic rings. The molecule has 0 amide bonds. The summed E-state index contributed by atoms with van der Waals surface area (Å²) in [6.07, 6.45) is 4.82. The van der Waals surface area contributed by atoms with E-state index >= 15 is 0 Å². The van der Waals surface area contributed by atoms with Crippen LogP contribution in [0.1, 0.15) is 44.5 Å². The van der Waals surface area contributed by atoms with Gasteiger partial charge in [-0.05, 0) is 44.6 Å². The van der Waals surface area contributed by atoms with Gasteiger partial charge in [-0.3, -0.25) is 4.68 Å². The molecule has 0 bridgehead atoms. The Bertz CT molecular complexity index is 427. The fourth-order valence-electron chi connectivity index (χ4n) is 3.22. The molecule has 102 valence electrons. The molecular weight excluding hydrogens is 246 g/mol. The first-order valence-corrected chi connectivity index (χ1v) is 7.24. The van der Waals surface area contributed by atoms with Crippen molar-refractivity contribution in [1.29, 1.82) is 0 Å². The SMILES string of the molecule is CCNC1CCC(C)(Cc2c(Cl)c(C)nn2C)C1. The third kappa shape index (κ3) is 2.72. The van der Waals surface area contributed by atoms with Crippen LogP contribution in [0.25, 0.3) is 0 Å². The van der Waals surface area contributed by atoms with E-state index in [1.54, 1.807) is 0 Å². The molecule has 1 aromatic heterocycles. The minimum Gasteiger partial charge on any atom is -0.314 e. The highest BCUT2D eigenvalue weighted by Gasteiger charge is 2.36. The molecule has 2 atom stereocenters. The lowest BCUT2D eigenvalue weighted by atomic mass is 9.83. The van der Waals surface area contributed by atoms with E-state index in [4.69, 9.17) is 11.6 Å². The van der Waals surface area contributed by atoms with E-state index in [2.05, 4.69) is 24.3 Å². The van der Waals surface area contributed by atoms with Crippen molar-refractivity contribution in [1.82, 2.24) is 15.1 Å². The van der Waals surface area contributed by atoms with Gasteiger partial charge in [-0.1, -0.05) is 25.4 Å². The largest absolute Gasteiger partial charge is 0.314 e. The van der Waals surface area contributed by atoms with Crippen LogP contribution in [0.3, 0.4) is 0 Å². The predicted molar refractivity (Wildman–Crippen MR) is 76.1 cm³/mol. The Kier molecular flexibility index (Phi) is 4.02. The highest BCUT2D eigenvalue weighted by Crippen LogP contribution is 2.41. The zero-order valence-corrected chi connectivity index (χ0v) is 12.6. The minimum atomic E-state index is 0.358. The molecule has 1 fully saturated rings. The normalized spacial score (nSPS) is 27.9. The van der Waals surface area contributed by atoms with Crippen LogP contribution in [0.15, 0.2) is 0 Å². The fraction of sp³-hybridized carbons (Fsp3) is 0.786. The lowest BCUT2D eigenvalue weighted by molar-refractivity contribution is 0.315. The van der Waals surface area contributed by atoms with E-state index in [1.807, 2.05) is 18.7 Å². The lowest BCUT2D eigenvalue weighted by Gasteiger charge is -2.24. The first-order valence-electron chi connectivity index (χ1n) is 6.86. The second kappa shape index (κ2) is 5.22. The second-order valence-corrected chi connectivity index (χ2v) is 6.33. The van der Waals surface area contributed by atoms with E-state index in [9.17, 15) is 0 Å². The van der Waals surface area contributed by atoms with Gasteiger partial charge in [0.05, 0.1) is 16.4 Å². The Hall–Kier alpha value is -0.540. The maximum absolute atomic E-state index is 6.35. The molecule has 3 nitrogen and oxygen atoms in total. The minimum absolute atomic E-state index is 0.358. The Morgan fingerprint density at radius 1 is 1.56 bits per heavy atom.